The summed E-state index contributed by atoms with van der Waals surface area (Å²) in [5, 5.41) is 17.5. The number of carbonyl (C=O) groups is 3. The maximum absolute atomic E-state index is 12.5. The van der Waals surface area contributed by atoms with Gasteiger partial charge in [-0.2, -0.15) is 0 Å². The number of aromatic hydroxyl groups is 1. The number of aryl methyl sites for hydroxylation is 1. The summed E-state index contributed by atoms with van der Waals surface area (Å²) < 4.78 is 9.82. The maximum Gasteiger partial charge on any atom is 0.407 e. The standard InChI is InChI=1S/C23H31N5O6/c1-23(2,3)34-22(32)27-14-18(20(31)33-4)28-19(30)16-12-25-21(26-13-16)24-10-6-8-15-7-5-9-17(29)11-15/h5,7,9,11-13,18,29H,6,8,10,14H2,1-4H3,(H,27,32)(H,28,30)(H,24,25,26). The third kappa shape index (κ3) is 9.31. The first kappa shape index (κ1) is 26.4. The van der Waals surface area contributed by atoms with Crippen molar-refractivity contribution in [2.24, 2.45) is 0 Å². The molecule has 1 atom stereocenters. The molecule has 0 aliphatic heterocycles. The van der Waals surface area contributed by atoms with Crippen LogP contribution in [0.5, 0.6) is 5.75 Å². The first-order valence-electron chi connectivity index (χ1n) is 10.8. The molecule has 1 aromatic carbocycles. The molecular weight excluding hydrogens is 442 g/mol. The number of ether oxygens (including phenoxy) is 2. The van der Waals surface area contributed by atoms with Gasteiger partial charge in [-0.3, -0.25) is 4.79 Å². The van der Waals surface area contributed by atoms with Crippen LogP contribution in [0.1, 0.15) is 43.1 Å². The van der Waals surface area contributed by atoms with Gasteiger partial charge < -0.3 is 30.5 Å². The van der Waals surface area contributed by atoms with Crippen molar-refractivity contribution in [1.82, 2.24) is 20.6 Å². The Kier molecular flexibility index (Phi) is 9.60. The van der Waals surface area contributed by atoms with E-state index in [1.165, 1.54) is 19.5 Å². The van der Waals surface area contributed by atoms with Crippen LogP contribution in [0.15, 0.2) is 36.7 Å². The minimum Gasteiger partial charge on any atom is -0.508 e. The van der Waals surface area contributed by atoms with E-state index in [0.29, 0.717) is 12.5 Å². The fraction of sp³-hybridized carbons (Fsp3) is 0.435. The number of methoxy groups -OCH3 is 1. The van der Waals surface area contributed by atoms with E-state index >= 15 is 0 Å². The Morgan fingerprint density at radius 3 is 2.47 bits per heavy atom. The molecule has 4 N–H and O–H groups in total. The van der Waals surface area contributed by atoms with Gasteiger partial charge in [-0.05, 0) is 51.3 Å². The van der Waals surface area contributed by atoms with Crippen molar-refractivity contribution < 1.29 is 29.0 Å². The van der Waals surface area contributed by atoms with Crippen molar-refractivity contribution in [1.29, 1.82) is 0 Å². The van der Waals surface area contributed by atoms with E-state index in [4.69, 9.17) is 9.47 Å². The molecule has 2 amide bonds. The van der Waals surface area contributed by atoms with E-state index in [0.717, 1.165) is 18.4 Å². The zero-order valence-corrected chi connectivity index (χ0v) is 19.8. The molecule has 0 bridgehead atoms. The zero-order chi connectivity index (χ0) is 25.1. The van der Waals surface area contributed by atoms with E-state index in [9.17, 15) is 19.5 Å². The number of anilines is 1. The van der Waals surface area contributed by atoms with Gasteiger partial charge in [0.2, 0.25) is 5.95 Å². The summed E-state index contributed by atoms with van der Waals surface area (Å²) in [6.45, 7) is 5.51. The van der Waals surface area contributed by atoms with Crippen molar-refractivity contribution >= 4 is 23.9 Å². The second kappa shape index (κ2) is 12.4. The summed E-state index contributed by atoms with van der Waals surface area (Å²) >= 11 is 0. The number of esters is 1. The lowest BCUT2D eigenvalue weighted by atomic mass is 10.1. The number of rotatable bonds is 10. The lowest BCUT2D eigenvalue weighted by Gasteiger charge is -2.21. The van der Waals surface area contributed by atoms with Crippen LogP contribution < -0.4 is 16.0 Å². The fourth-order valence-electron chi connectivity index (χ4n) is 2.82. The molecule has 0 spiro atoms. The quantitative estimate of drug-likeness (QED) is 0.300. The molecule has 11 nitrogen and oxygen atoms in total. The SMILES string of the molecule is COC(=O)C(CNC(=O)OC(C)(C)C)NC(=O)c1cnc(NCCCc2cccc(O)c2)nc1. The van der Waals surface area contributed by atoms with E-state index in [1.807, 2.05) is 6.07 Å². The molecule has 1 heterocycles. The van der Waals surface area contributed by atoms with E-state index < -0.39 is 29.6 Å². The minimum atomic E-state index is -1.12. The van der Waals surface area contributed by atoms with Crippen LogP contribution in [0.2, 0.25) is 0 Å². The Bertz CT molecular complexity index is 975. The van der Waals surface area contributed by atoms with Crippen molar-refractivity contribution in [2.45, 2.75) is 45.3 Å². The highest BCUT2D eigenvalue weighted by Crippen LogP contribution is 2.12. The van der Waals surface area contributed by atoms with Crippen LogP contribution in [-0.4, -0.2) is 64.9 Å². The normalized spacial score (nSPS) is 11.8. The number of aromatic nitrogens is 2. The number of hydrogen-bond acceptors (Lipinski definition) is 9. The summed E-state index contributed by atoms with van der Waals surface area (Å²) in [5.74, 6) is -0.742. The van der Waals surface area contributed by atoms with Crippen LogP contribution in [0.3, 0.4) is 0 Å². The van der Waals surface area contributed by atoms with E-state index in [2.05, 4.69) is 25.9 Å². The van der Waals surface area contributed by atoms with Crippen molar-refractivity contribution in [3.63, 3.8) is 0 Å². The van der Waals surface area contributed by atoms with Gasteiger partial charge in [0.15, 0.2) is 0 Å². The lowest BCUT2D eigenvalue weighted by molar-refractivity contribution is -0.142. The van der Waals surface area contributed by atoms with Crippen LogP contribution >= 0.6 is 0 Å². The van der Waals surface area contributed by atoms with Crippen molar-refractivity contribution in [3.05, 3.63) is 47.8 Å². The largest absolute Gasteiger partial charge is 0.508 e. The Hall–Kier alpha value is -3.89. The summed E-state index contributed by atoms with van der Waals surface area (Å²) in [7, 11) is 1.18. The molecule has 0 saturated heterocycles. The third-order valence-corrected chi connectivity index (χ3v) is 4.39. The van der Waals surface area contributed by atoms with Crippen molar-refractivity contribution in [3.8, 4) is 5.75 Å². The average molecular weight is 474 g/mol. The summed E-state index contributed by atoms with van der Waals surface area (Å²) in [6, 6.07) is 5.95. The first-order valence-corrected chi connectivity index (χ1v) is 10.8. The molecule has 2 aromatic rings. The van der Waals surface area contributed by atoms with Gasteiger partial charge >= 0.3 is 12.1 Å². The molecule has 0 aliphatic rings. The summed E-state index contributed by atoms with van der Waals surface area (Å²) in [4.78, 5) is 44.6. The second-order valence-corrected chi connectivity index (χ2v) is 8.43. The van der Waals surface area contributed by atoms with Gasteiger partial charge in [0.25, 0.3) is 5.91 Å². The fourth-order valence-corrected chi connectivity index (χ4v) is 2.82. The number of carbonyl (C=O) groups excluding carboxylic acids is 3. The van der Waals surface area contributed by atoms with Gasteiger partial charge in [-0.25, -0.2) is 19.6 Å². The highest BCUT2D eigenvalue weighted by atomic mass is 16.6. The van der Waals surface area contributed by atoms with Gasteiger partial charge in [-0.1, -0.05) is 12.1 Å². The summed E-state index contributed by atoms with van der Waals surface area (Å²) in [6.07, 6.45) is 3.50. The van der Waals surface area contributed by atoms with E-state index in [-0.39, 0.29) is 17.9 Å². The van der Waals surface area contributed by atoms with Crippen LogP contribution in [-0.2, 0) is 20.7 Å². The number of benzene rings is 1. The van der Waals surface area contributed by atoms with Gasteiger partial charge in [0, 0.05) is 18.9 Å². The molecule has 2 rings (SSSR count). The molecule has 34 heavy (non-hydrogen) atoms. The highest BCUT2D eigenvalue weighted by molar-refractivity contribution is 5.96. The number of nitrogens with zero attached hydrogens (tertiary/aromatic N) is 2. The smallest absolute Gasteiger partial charge is 0.407 e. The van der Waals surface area contributed by atoms with Gasteiger partial charge in [0.05, 0.1) is 19.2 Å². The first-order chi connectivity index (χ1) is 16.1. The molecule has 0 radical (unpaired) electrons. The summed E-state index contributed by atoms with van der Waals surface area (Å²) in [5.41, 5.74) is 0.457. The van der Waals surface area contributed by atoms with Crippen LogP contribution in [0, 0.1) is 0 Å². The van der Waals surface area contributed by atoms with Gasteiger partial charge in [-0.15, -0.1) is 0 Å². The Labute approximate surface area is 198 Å². The number of phenols is 1. The maximum atomic E-state index is 12.5. The Morgan fingerprint density at radius 1 is 1.15 bits per heavy atom. The highest BCUT2D eigenvalue weighted by Gasteiger charge is 2.24. The zero-order valence-electron chi connectivity index (χ0n) is 19.8. The molecule has 0 aliphatic carbocycles. The van der Waals surface area contributed by atoms with Crippen LogP contribution in [0.4, 0.5) is 10.7 Å². The molecule has 1 aromatic heterocycles. The number of amides is 2. The van der Waals surface area contributed by atoms with Crippen molar-refractivity contribution in [2.75, 3.05) is 25.5 Å². The number of alkyl carbamates (subject to hydrolysis) is 1. The number of nitrogens with one attached hydrogen (secondary N) is 3. The monoisotopic (exact) mass is 473 g/mol. The van der Waals surface area contributed by atoms with Gasteiger partial charge in [0.1, 0.15) is 17.4 Å². The average Bonchev–Trinajstić information content (AvgIpc) is 2.78. The third-order valence-electron chi connectivity index (χ3n) is 4.39. The molecule has 184 valence electrons. The molecule has 0 saturated carbocycles. The molecule has 1 unspecified atom stereocenters. The minimum absolute atomic E-state index is 0.136. The van der Waals surface area contributed by atoms with Crippen LogP contribution in [0.25, 0.3) is 0 Å². The van der Waals surface area contributed by atoms with E-state index in [1.54, 1.807) is 39.0 Å². The molecular formula is C23H31N5O6. The second-order valence-electron chi connectivity index (χ2n) is 8.43. The molecule has 11 heteroatoms. The Balaban J connectivity index is 1.84. The predicted octanol–water partition coefficient (Wildman–Crippen LogP) is 2.02. The lowest BCUT2D eigenvalue weighted by Crippen LogP contribution is -2.49. The number of hydrogen-bond donors (Lipinski definition) is 4. The topological polar surface area (TPSA) is 152 Å². The molecule has 0 fully saturated rings. The number of phenolic OH excluding ortho intramolecular Hbond substituents is 1. The Morgan fingerprint density at radius 2 is 1.85 bits per heavy atom. The predicted molar refractivity (Wildman–Crippen MR) is 124 cm³/mol.